The zero-order valence-corrected chi connectivity index (χ0v) is 11.3. The second kappa shape index (κ2) is 5.16. The number of anilines is 1. The average molecular weight is 280 g/mol. The maximum Gasteiger partial charge on any atom is 0.270 e. The van der Waals surface area contributed by atoms with Crippen LogP contribution in [0.25, 0.3) is 5.65 Å². The van der Waals surface area contributed by atoms with Crippen LogP contribution in [0.3, 0.4) is 0 Å². The lowest BCUT2D eigenvalue weighted by Gasteiger charge is -2.06. The molecule has 0 atom stereocenters. The molecular weight excluding hydrogens is 268 g/mol. The van der Waals surface area contributed by atoms with Gasteiger partial charge in [-0.2, -0.15) is 0 Å². The minimum Gasteiger partial charge on any atom is -0.320 e. The predicted octanol–water partition coefficient (Wildman–Crippen LogP) is 1.65. The van der Waals surface area contributed by atoms with Crippen LogP contribution in [0.15, 0.2) is 53.8 Å². The van der Waals surface area contributed by atoms with Gasteiger partial charge in [0.2, 0.25) is 0 Å². The van der Waals surface area contributed by atoms with Crippen LogP contribution >= 0.6 is 0 Å². The summed E-state index contributed by atoms with van der Waals surface area (Å²) in [6.07, 6.45) is 6.01. The molecule has 6 heteroatoms. The average Bonchev–Trinajstić information content (AvgIpc) is 2.49. The van der Waals surface area contributed by atoms with Gasteiger partial charge in [0.25, 0.3) is 11.5 Å². The zero-order chi connectivity index (χ0) is 14.8. The van der Waals surface area contributed by atoms with E-state index in [1.165, 1.54) is 16.8 Å². The Morgan fingerprint density at radius 1 is 1.24 bits per heavy atom. The lowest BCUT2D eigenvalue weighted by atomic mass is 10.2. The first-order valence-electron chi connectivity index (χ1n) is 6.35. The minimum atomic E-state index is -0.503. The monoisotopic (exact) mass is 280 g/mol. The molecule has 1 N–H and O–H groups in total. The third-order valence-corrected chi connectivity index (χ3v) is 3.09. The second-order valence-corrected chi connectivity index (χ2v) is 4.56. The first-order valence-corrected chi connectivity index (χ1v) is 6.35. The fraction of sp³-hybridized carbons (Fsp3) is 0.0667. The van der Waals surface area contributed by atoms with Gasteiger partial charge in [-0.25, -0.2) is 4.98 Å². The van der Waals surface area contributed by atoms with Gasteiger partial charge in [0, 0.05) is 18.6 Å². The van der Waals surface area contributed by atoms with Gasteiger partial charge in [-0.3, -0.25) is 19.0 Å². The molecule has 0 spiro atoms. The topological polar surface area (TPSA) is 76.4 Å². The molecule has 0 fully saturated rings. The van der Waals surface area contributed by atoms with E-state index in [1.807, 2.05) is 13.0 Å². The Morgan fingerprint density at radius 3 is 2.86 bits per heavy atom. The summed E-state index contributed by atoms with van der Waals surface area (Å²) in [5, 5.41) is 2.62. The molecule has 0 unspecified atom stereocenters. The third-order valence-electron chi connectivity index (χ3n) is 3.09. The van der Waals surface area contributed by atoms with E-state index >= 15 is 0 Å². The van der Waals surface area contributed by atoms with Crippen molar-refractivity contribution < 1.29 is 4.79 Å². The van der Waals surface area contributed by atoms with E-state index in [0.29, 0.717) is 11.3 Å². The third kappa shape index (κ3) is 2.38. The second-order valence-electron chi connectivity index (χ2n) is 4.56. The van der Waals surface area contributed by atoms with Crippen molar-refractivity contribution in [1.82, 2.24) is 14.4 Å². The molecule has 3 rings (SSSR count). The van der Waals surface area contributed by atoms with Gasteiger partial charge in [-0.15, -0.1) is 0 Å². The van der Waals surface area contributed by atoms with Crippen LogP contribution in [0.2, 0.25) is 0 Å². The molecule has 0 radical (unpaired) electrons. The lowest BCUT2D eigenvalue weighted by Crippen LogP contribution is -2.26. The molecule has 0 aliphatic heterocycles. The van der Waals surface area contributed by atoms with Gasteiger partial charge in [-0.05, 0) is 30.7 Å². The normalized spacial score (nSPS) is 10.5. The molecule has 3 aromatic heterocycles. The van der Waals surface area contributed by atoms with Crippen molar-refractivity contribution in [3.8, 4) is 0 Å². The fourth-order valence-electron chi connectivity index (χ4n) is 2.04. The van der Waals surface area contributed by atoms with Gasteiger partial charge in [-0.1, -0.05) is 6.07 Å². The molecule has 3 heterocycles. The van der Waals surface area contributed by atoms with Gasteiger partial charge in [0.15, 0.2) is 0 Å². The van der Waals surface area contributed by atoms with Crippen LogP contribution in [-0.4, -0.2) is 20.3 Å². The number of nitrogens with zero attached hydrogens (tertiary/aromatic N) is 3. The predicted molar refractivity (Wildman–Crippen MR) is 78.4 cm³/mol. The number of amides is 1. The van der Waals surface area contributed by atoms with E-state index in [1.54, 1.807) is 30.6 Å². The highest BCUT2D eigenvalue weighted by Crippen LogP contribution is 2.07. The molecule has 0 aliphatic carbocycles. The fourth-order valence-corrected chi connectivity index (χ4v) is 2.04. The smallest absolute Gasteiger partial charge is 0.270 e. The standard InChI is InChI=1S/C15H12N4O2/c1-10-4-3-7-19-13(10)17-9-12(15(19)21)14(20)18-11-5-2-6-16-8-11/h2-9H,1H3,(H,18,20). The number of hydrogen-bond acceptors (Lipinski definition) is 4. The Kier molecular flexibility index (Phi) is 3.19. The molecule has 0 saturated heterocycles. The van der Waals surface area contributed by atoms with E-state index in [0.717, 1.165) is 5.56 Å². The van der Waals surface area contributed by atoms with Crippen LogP contribution in [0.1, 0.15) is 15.9 Å². The lowest BCUT2D eigenvalue weighted by molar-refractivity contribution is 0.102. The summed E-state index contributed by atoms with van der Waals surface area (Å²) in [7, 11) is 0. The number of carbonyl (C=O) groups excluding carboxylic acids is 1. The Labute approximate surface area is 120 Å². The maximum absolute atomic E-state index is 12.4. The van der Waals surface area contributed by atoms with Crippen LogP contribution in [0.4, 0.5) is 5.69 Å². The molecule has 6 nitrogen and oxygen atoms in total. The molecule has 104 valence electrons. The van der Waals surface area contributed by atoms with Crippen molar-refractivity contribution in [2.24, 2.45) is 0 Å². The summed E-state index contributed by atoms with van der Waals surface area (Å²) in [5.74, 6) is -0.503. The van der Waals surface area contributed by atoms with Gasteiger partial charge in [0.05, 0.1) is 11.9 Å². The van der Waals surface area contributed by atoms with Crippen molar-refractivity contribution in [2.75, 3.05) is 5.32 Å². The maximum atomic E-state index is 12.4. The number of fused-ring (bicyclic) bond motifs is 1. The van der Waals surface area contributed by atoms with Crippen molar-refractivity contribution in [3.63, 3.8) is 0 Å². The highest BCUT2D eigenvalue weighted by Gasteiger charge is 2.14. The van der Waals surface area contributed by atoms with Crippen LogP contribution in [0.5, 0.6) is 0 Å². The first kappa shape index (κ1) is 13.0. The Hall–Kier alpha value is -3.02. The van der Waals surface area contributed by atoms with Gasteiger partial charge in [0.1, 0.15) is 11.2 Å². The van der Waals surface area contributed by atoms with Gasteiger partial charge >= 0.3 is 0 Å². The zero-order valence-electron chi connectivity index (χ0n) is 11.3. The quantitative estimate of drug-likeness (QED) is 0.774. The molecule has 21 heavy (non-hydrogen) atoms. The van der Waals surface area contributed by atoms with E-state index in [4.69, 9.17) is 0 Å². The number of aromatic nitrogens is 3. The molecular formula is C15H12N4O2. The van der Waals surface area contributed by atoms with E-state index in [2.05, 4.69) is 15.3 Å². The number of nitrogens with one attached hydrogen (secondary N) is 1. The SMILES string of the molecule is Cc1cccn2c(=O)c(C(=O)Nc3cccnc3)cnc12. The number of pyridine rings is 2. The van der Waals surface area contributed by atoms with Crippen molar-refractivity contribution >= 4 is 17.2 Å². The van der Waals surface area contributed by atoms with Crippen molar-refractivity contribution in [3.05, 3.63) is 70.5 Å². The Morgan fingerprint density at radius 2 is 2.10 bits per heavy atom. The number of carbonyl (C=O) groups is 1. The number of aryl methyl sites for hydroxylation is 1. The molecule has 0 aromatic carbocycles. The first-order chi connectivity index (χ1) is 10.2. The van der Waals surface area contributed by atoms with Crippen LogP contribution < -0.4 is 10.9 Å². The minimum absolute atomic E-state index is 0.0121. The van der Waals surface area contributed by atoms with E-state index in [-0.39, 0.29) is 5.56 Å². The van der Waals surface area contributed by atoms with Crippen LogP contribution in [-0.2, 0) is 0 Å². The summed E-state index contributed by atoms with van der Waals surface area (Å²) in [6.45, 7) is 1.86. The summed E-state index contributed by atoms with van der Waals surface area (Å²) in [5.41, 5.74) is 1.53. The number of rotatable bonds is 2. The largest absolute Gasteiger partial charge is 0.320 e. The molecule has 0 saturated carbocycles. The molecule has 0 aliphatic rings. The molecule has 3 aromatic rings. The van der Waals surface area contributed by atoms with Crippen LogP contribution in [0, 0.1) is 6.92 Å². The highest BCUT2D eigenvalue weighted by molar-refractivity contribution is 6.03. The number of hydrogen-bond donors (Lipinski definition) is 1. The Balaban J connectivity index is 2.03. The van der Waals surface area contributed by atoms with E-state index in [9.17, 15) is 9.59 Å². The summed E-state index contributed by atoms with van der Waals surface area (Å²) >= 11 is 0. The van der Waals surface area contributed by atoms with Crippen molar-refractivity contribution in [1.29, 1.82) is 0 Å². The summed E-state index contributed by atoms with van der Waals surface area (Å²) < 4.78 is 1.37. The Bertz CT molecular complexity index is 872. The summed E-state index contributed by atoms with van der Waals surface area (Å²) in [6, 6.07) is 7.00. The molecule has 1 amide bonds. The van der Waals surface area contributed by atoms with Crippen molar-refractivity contribution in [2.45, 2.75) is 6.92 Å². The highest BCUT2D eigenvalue weighted by atomic mass is 16.2. The summed E-state index contributed by atoms with van der Waals surface area (Å²) in [4.78, 5) is 32.6. The van der Waals surface area contributed by atoms with E-state index < -0.39 is 11.5 Å². The molecule has 0 bridgehead atoms. The van der Waals surface area contributed by atoms with Gasteiger partial charge < -0.3 is 5.32 Å².